The molecule has 0 bridgehead atoms. The van der Waals surface area contributed by atoms with E-state index >= 15 is 0 Å². The van der Waals surface area contributed by atoms with Gasteiger partial charge in [0.2, 0.25) is 0 Å². The first-order valence-electron chi connectivity index (χ1n) is 14.4. The molecule has 2 aromatic rings. The first-order chi connectivity index (χ1) is 18.2. The molecule has 0 saturated heterocycles. The van der Waals surface area contributed by atoms with Crippen LogP contribution in [0, 0.1) is 0 Å². The molecule has 2 aromatic carbocycles. The molecule has 6 heteroatoms. The maximum atomic E-state index is 14.2. The third-order valence-electron chi connectivity index (χ3n) is 6.90. The predicted octanol–water partition coefficient (Wildman–Crippen LogP) is 8.50. The van der Waals surface area contributed by atoms with Gasteiger partial charge in [0, 0.05) is 0 Å². The Kier molecular flexibility index (Phi) is 12.0. The van der Waals surface area contributed by atoms with Gasteiger partial charge in [-0.2, -0.15) is 0 Å². The van der Waals surface area contributed by atoms with Crippen LogP contribution in [-0.2, 0) is 28.6 Å². The molecular weight excluding hydrogens is 710 g/mol. The van der Waals surface area contributed by atoms with Gasteiger partial charge in [-0.1, -0.05) is 0 Å². The third-order valence-corrected chi connectivity index (χ3v) is 27.4. The zero-order chi connectivity index (χ0) is 30.5. The Labute approximate surface area is 258 Å². The van der Waals surface area contributed by atoms with E-state index in [0.29, 0.717) is 24.0 Å². The average molecular weight is 762 g/mol. The van der Waals surface area contributed by atoms with E-state index in [1.807, 2.05) is 60.7 Å². The molecule has 0 spiro atoms. The van der Waals surface area contributed by atoms with Crippen LogP contribution in [0.15, 0.2) is 71.8 Å². The Morgan fingerprint density at radius 1 is 0.500 bits per heavy atom. The molecule has 0 heterocycles. The van der Waals surface area contributed by atoms with Gasteiger partial charge in [0.05, 0.1) is 0 Å². The molecule has 0 aliphatic rings. The van der Waals surface area contributed by atoms with Gasteiger partial charge in [-0.15, -0.1) is 0 Å². The minimum absolute atomic E-state index is 0.0758. The quantitative estimate of drug-likeness (QED) is 0.200. The van der Waals surface area contributed by atoms with E-state index < -0.39 is 40.3 Å². The zero-order valence-electron chi connectivity index (χ0n) is 27.0. The van der Waals surface area contributed by atoms with Crippen LogP contribution in [0.25, 0.3) is 0 Å². The molecule has 220 valence electrons. The van der Waals surface area contributed by atoms with Crippen LogP contribution in [0.1, 0.15) is 94.2 Å². The molecular formula is C34H52O4Sn2. The molecule has 0 amide bonds. The van der Waals surface area contributed by atoms with E-state index in [4.69, 9.17) is 6.15 Å². The number of carbonyl (C=O) groups is 2. The van der Waals surface area contributed by atoms with Crippen LogP contribution in [-0.4, -0.2) is 52.3 Å². The SMILES string of the molecule is C[C](C)(C)[SnH]([O]C(=O)/C(Cc1ccccc1)=C(/Cc1ccccc1)C(=O)[O][SnH]([C](C)(C)C)[C](C)(C)C)[C](C)(C)C. The Morgan fingerprint density at radius 3 is 0.975 bits per heavy atom. The van der Waals surface area contributed by atoms with Crippen molar-refractivity contribution in [1.29, 1.82) is 0 Å². The Bertz CT molecular complexity index is 1040. The van der Waals surface area contributed by atoms with Gasteiger partial charge in [0.15, 0.2) is 0 Å². The second-order valence-corrected chi connectivity index (χ2v) is 40.8. The van der Waals surface area contributed by atoms with Crippen molar-refractivity contribution in [3.8, 4) is 0 Å². The van der Waals surface area contributed by atoms with Gasteiger partial charge in [-0.25, -0.2) is 0 Å². The molecule has 0 saturated carbocycles. The fourth-order valence-corrected chi connectivity index (χ4v) is 26.8. The van der Waals surface area contributed by atoms with Crippen LogP contribution in [0.4, 0.5) is 0 Å². The van der Waals surface area contributed by atoms with E-state index in [-0.39, 0.29) is 25.7 Å². The molecule has 40 heavy (non-hydrogen) atoms. The van der Waals surface area contributed by atoms with Crippen molar-refractivity contribution in [3.05, 3.63) is 82.9 Å². The summed E-state index contributed by atoms with van der Waals surface area (Å²) >= 11 is -5.97. The molecule has 0 aliphatic heterocycles. The Hall–Kier alpha value is -1.28. The molecule has 4 nitrogen and oxygen atoms in total. The minimum atomic E-state index is -2.99. The zero-order valence-corrected chi connectivity index (χ0v) is 33.6. The fourth-order valence-electron chi connectivity index (χ4n) is 5.87. The summed E-state index contributed by atoms with van der Waals surface area (Å²) in [6.45, 7) is 26.1. The van der Waals surface area contributed by atoms with Crippen molar-refractivity contribution in [3.63, 3.8) is 0 Å². The van der Waals surface area contributed by atoms with Crippen molar-refractivity contribution in [1.82, 2.24) is 0 Å². The summed E-state index contributed by atoms with van der Waals surface area (Å²) in [6, 6.07) is 19.8. The molecule has 0 atom stereocenters. The average Bonchev–Trinajstić information content (AvgIpc) is 2.81. The number of benzene rings is 2. The van der Waals surface area contributed by atoms with Gasteiger partial charge in [0.25, 0.3) is 0 Å². The third kappa shape index (κ3) is 10.5. The van der Waals surface area contributed by atoms with Crippen molar-refractivity contribution in [2.24, 2.45) is 0 Å². The van der Waals surface area contributed by atoms with Crippen molar-refractivity contribution < 1.29 is 15.7 Å². The normalized spacial score (nSPS) is 13.8. The summed E-state index contributed by atoms with van der Waals surface area (Å²) in [4.78, 5) is 28.5. The van der Waals surface area contributed by atoms with E-state index in [1.165, 1.54) is 0 Å². The number of carbonyl (C=O) groups excluding carboxylic acids is 2. The van der Waals surface area contributed by atoms with E-state index in [1.54, 1.807) is 0 Å². The molecule has 2 rings (SSSR count). The van der Waals surface area contributed by atoms with Crippen molar-refractivity contribution in [2.75, 3.05) is 0 Å². The van der Waals surface area contributed by atoms with Crippen LogP contribution in [0.2, 0.25) is 13.7 Å². The molecule has 0 radical (unpaired) electrons. The fraction of sp³-hybridized carbons (Fsp3) is 0.529. The first-order valence-corrected chi connectivity index (χ1v) is 23.7. The summed E-state index contributed by atoms with van der Waals surface area (Å²) < 4.78 is 12.8. The van der Waals surface area contributed by atoms with Crippen LogP contribution in [0.3, 0.4) is 0 Å². The van der Waals surface area contributed by atoms with Gasteiger partial charge in [-0.05, 0) is 0 Å². The van der Waals surface area contributed by atoms with Crippen LogP contribution < -0.4 is 0 Å². The molecule has 0 aromatic heterocycles. The Balaban J connectivity index is 2.75. The van der Waals surface area contributed by atoms with Crippen LogP contribution in [0.5, 0.6) is 0 Å². The second kappa shape index (κ2) is 13.8. The molecule has 0 aliphatic carbocycles. The van der Waals surface area contributed by atoms with Crippen molar-refractivity contribution in [2.45, 2.75) is 110 Å². The summed E-state index contributed by atoms with van der Waals surface area (Å²) in [7, 11) is 0. The summed E-state index contributed by atoms with van der Waals surface area (Å²) in [5.74, 6) is -0.702. The van der Waals surface area contributed by atoms with Crippen LogP contribution >= 0.6 is 0 Å². The van der Waals surface area contributed by atoms with E-state index in [2.05, 4.69) is 83.1 Å². The van der Waals surface area contributed by atoms with Gasteiger partial charge < -0.3 is 0 Å². The molecule has 0 N–H and O–H groups in total. The van der Waals surface area contributed by atoms with Gasteiger partial charge in [-0.3, -0.25) is 0 Å². The van der Waals surface area contributed by atoms with E-state index in [9.17, 15) is 9.59 Å². The number of hydrogen-bond acceptors (Lipinski definition) is 4. The molecule has 0 fully saturated rings. The summed E-state index contributed by atoms with van der Waals surface area (Å²) in [5, 5.41) is 0. The monoisotopic (exact) mass is 764 g/mol. The van der Waals surface area contributed by atoms with Gasteiger partial charge >= 0.3 is 261 Å². The Morgan fingerprint density at radius 2 is 0.750 bits per heavy atom. The first kappa shape index (κ1) is 34.9. The molecule has 0 unspecified atom stereocenters. The topological polar surface area (TPSA) is 52.6 Å². The van der Waals surface area contributed by atoms with E-state index in [0.717, 1.165) is 11.1 Å². The predicted molar refractivity (Wildman–Crippen MR) is 173 cm³/mol. The van der Waals surface area contributed by atoms with Gasteiger partial charge in [0.1, 0.15) is 0 Å². The van der Waals surface area contributed by atoms with Crippen molar-refractivity contribution >= 4 is 52.3 Å². The maximum absolute atomic E-state index is 14.2. The summed E-state index contributed by atoms with van der Waals surface area (Å²) in [6.07, 6.45) is 0.657. The second-order valence-electron chi connectivity index (χ2n) is 15.3. The number of rotatable bonds is 8. The standard InChI is InChI=1S/C18H16O4.4C4H9.2Sn.2H/c19-17(20)15(11-13-7-3-1-4-8-13)16(18(21)22)12-14-9-5-2-6-10-14;4*1-4(2)3;;;;/h1-10H,11-12H2,(H,19,20)(H,21,22);4*1-3H3;;;;/q;;;;;2*+1;;/p-2/b16-15-;;;;;;;;. The summed E-state index contributed by atoms with van der Waals surface area (Å²) in [5.41, 5.74) is 2.81. The number of hydrogen-bond donors (Lipinski definition) is 0.